The SMILES string of the molecule is Nc1ncc(-c2cncc(C(=O)O)c2)nc1-c1nc2ccccc2[nH]1. The number of H-pyrrole nitrogens is 1. The first-order valence-corrected chi connectivity index (χ1v) is 7.38. The Bertz CT molecular complexity index is 1070. The summed E-state index contributed by atoms with van der Waals surface area (Å²) < 4.78 is 0. The minimum Gasteiger partial charge on any atom is -0.478 e. The van der Waals surface area contributed by atoms with Crippen LogP contribution in [-0.4, -0.2) is 36.0 Å². The Labute approximate surface area is 141 Å². The van der Waals surface area contributed by atoms with Gasteiger partial charge in [0.15, 0.2) is 11.6 Å². The Morgan fingerprint density at radius 3 is 2.76 bits per heavy atom. The number of nitrogens with zero attached hydrogens (tertiary/aromatic N) is 4. The predicted molar refractivity (Wildman–Crippen MR) is 91.7 cm³/mol. The third kappa shape index (κ3) is 2.65. The van der Waals surface area contributed by atoms with Crippen molar-refractivity contribution < 1.29 is 9.90 Å². The number of anilines is 1. The first-order chi connectivity index (χ1) is 12.1. The maximum Gasteiger partial charge on any atom is 0.337 e. The van der Waals surface area contributed by atoms with E-state index in [1.165, 1.54) is 24.7 Å². The fourth-order valence-corrected chi connectivity index (χ4v) is 2.47. The largest absolute Gasteiger partial charge is 0.478 e. The summed E-state index contributed by atoms with van der Waals surface area (Å²) in [7, 11) is 0. The molecular weight excluding hydrogens is 320 g/mol. The molecule has 4 aromatic rings. The number of aromatic amines is 1. The number of nitrogens with one attached hydrogen (secondary N) is 1. The highest BCUT2D eigenvalue weighted by Crippen LogP contribution is 2.26. The predicted octanol–water partition coefficient (Wildman–Crippen LogP) is 2.36. The van der Waals surface area contributed by atoms with Crippen LogP contribution in [0.1, 0.15) is 10.4 Å². The number of hydrogen-bond acceptors (Lipinski definition) is 6. The minimum absolute atomic E-state index is 0.0708. The van der Waals surface area contributed by atoms with Crippen LogP contribution in [0.3, 0.4) is 0 Å². The maximum atomic E-state index is 11.1. The number of hydrogen-bond donors (Lipinski definition) is 3. The fraction of sp³-hybridized carbons (Fsp3) is 0. The van der Waals surface area contributed by atoms with E-state index in [0.29, 0.717) is 22.8 Å². The van der Waals surface area contributed by atoms with Gasteiger partial charge in [0.2, 0.25) is 0 Å². The number of nitrogen functional groups attached to an aromatic ring is 1. The highest BCUT2D eigenvalue weighted by molar-refractivity contribution is 5.88. The smallest absolute Gasteiger partial charge is 0.337 e. The van der Waals surface area contributed by atoms with Crippen molar-refractivity contribution in [1.82, 2.24) is 24.9 Å². The van der Waals surface area contributed by atoms with E-state index in [2.05, 4.69) is 24.9 Å². The van der Waals surface area contributed by atoms with E-state index in [1.54, 1.807) is 0 Å². The molecule has 0 aliphatic carbocycles. The molecule has 25 heavy (non-hydrogen) atoms. The normalized spacial score (nSPS) is 10.9. The fourth-order valence-electron chi connectivity index (χ4n) is 2.47. The van der Waals surface area contributed by atoms with E-state index in [1.807, 2.05) is 24.3 Å². The summed E-state index contributed by atoms with van der Waals surface area (Å²) in [5, 5.41) is 9.10. The first-order valence-electron chi connectivity index (χ1n) is 7.38. The van der Waals surface area contributed by atoms with Gasteiger partial charge in [-0.15, -0.1) is 0 Å². The van der Waals surface area contributed by atoms with Crippen LogP contribution in [0.2, 0.25) is 0 Å². The van der Waals surface area contributed by atoms with Crippen molar-refractivity contribution in [3.63, 3.8) is 0 Å². The molecule has 0 radical (unpaired) electrons. The number of carbonyl (C=O) groups is 1. The molecule has 0 saturated carbocycles. The van der Waals surface area contributed by atoms with Gasteiger partial charge >= 0.3 is 5.97 Å². The van der Waals surface area contributed by atoms with Gasteiger partial charge in [0, 0.05) is 18.0 Å². The summed E-state index contributed by atoms with van der Waals surface area (Å²) >= 11 is 0. The molecular formula is C17H12N6O2. The van der Waals surface area contributed by atoms with Crippen LogP contribution in [0, 0.1) is 0 Å². The molecule has 122 valence electrons. The van der Waals surface area contributed by atoms with Crippen molar-refractivity contribution in [3.8, 4) is 22.8 Å². The number of benzene rings is 1. The van der Waals surface area contributed by atoms with Crippen LogP contribution in [0.5, 0.6) is 0 Å². The highest BCUT2D eigenvalue weighted by atomic mass is 16.4. The van der Waals surface area contributed by atoms with E-state index in [4.69, 9.17) is 10.8 Å². The average molecular weight is 332 g/mol. The molecule has 0 bridgehead atoms. The Kier molecular flexibility index (Phi) is 3.35. The molecule has 0 atom stereocenters. The second-order valence-electron chi connectivity index (χ2n) is 5.36. The van der Waals surface area contributed by atoms with Crippen LogP contribution in [0.25, 0.3) is 33.8 Å². The molecule has 0 fully saturated rings. The molecule has 8 nitrogen and oxygen atoms in total. The summed E-state index contributed by atoms with van der Waals surface area (Å²) in [5.41, 5.74) is 9.07. The van der Waals surface area contributed by atoms with E-state index in [9.17, 15) is 4.79 Å². The molecule has 0 unspecified atom stereocenters. The van der Waals surface area contributed by atoms with Gasteiger partial charge in [-0.1, -0.05) is 12.1 Å². The van der Waals surface area contributed by atoms with Crippen molar-refractivity contribution >= 4 is 22.8 Å². The van der Waals surface area contributed by atoms with Crippen LogP contribution < -0.4 is 5.73 Å². The number of rotatable bonds is 3. The average Bonchev–Trinajstić information content (AvgIpc) is 3.06. The lowest BCUT2D eigenvalue weighted by Gasteiger charge is -2.05. The topological polar surface area (TPSA) is 131 Å². The van der Waals surface area contributed by atoms with Gasteiger partial charge in [0.05, 0.1) is 28.5 Å². The van der Waals surface area contributed by atoms with Crippen LogP contribution >= 0.6 is 0 Å². The molecule has 0 saturated heterocycles. The first kappa shape index (κ1) is 14.8. The van der Waals surface area contributed by atoms with E-state index in [-0.39, 0.29) is 11.4 Å². The van der Waals surface area contributed by atoms with Crippen molar-refractivity contribution in [1.29, 1.82) is 0 Å². The molecule has 3 heterocycles. The Morgan fingerprint density at radius 1 is 1.12 bits per heavy atom. The molecule has 1 aromatic carbocycles. The van der Waals surface area contributed by atoms with Crippen LogP contribution in [0.15, 0.2) is 48.9 Å². The van der Waals surface area contributed by atoms with Crippen molar-refractivity contribution in [2.45, 2.75) is 0 Å². The van der Waals surface area contributed by atoms with Crippen molar-refractivity contribution in [2.75, 3.05) is 5.73 Å². The molecule has 0 aliphatic rings. The third-order valence-electron chi connectivity index (χ3n) is 3.70. The summed E-state index contributed by atoms with van der Waals surface area (Å²) in [6, 6.07) is 9.06. The zero-order chi connectivity index (χ0) is 17.4. The van der Waals surface area contributed by atoms with Crippen LogP contribution in [0.4, 0.5) is 5.82 Å². The van der Waals surface area contributed by atoms with E-state index < -0.39 is 5.97 Å². The molecule has 4 rings (SSSR count). The molecule has 4 N–H and O–H groups in total. The summed E-state index contributed by atoms with van der Waals surface area (Å²) in [6.07, 6.45) is 4.27. The second kappa shape index (κ2) is 5.68. The monoisotopic (exact) mass is 332 g/mol. The van der Waals surface area contributed by atoms with Crippen molar-refractivity contribution in [2.24, 2.45) is 0 Å². The lowest BCUT2D eigenvalue weighted by atomic mass is 10.1. The van der Waals surface area contributed by atoms with Gasteiger partial charge in [-0.3, -0.25) is 4.98 Å². The number of para-hydroxylation sites is 2. The summed E-state index contributed by atoms with van der Waals surface area (Å²) in [6.45, 7) is 0. The van der Waals surface area contributed by atoms with E-state index in [0.717, 1.165) is 11.0 Å². The second-order valence-corrected chi connectivity index (χ2v) is 5.36. The van der Waals surface area contributed by atoms with Gasteiger partial charge in [0.25, 0.3) is 0 Å². The van der Waals surface area contributed by atoms with Gasteiger partial charge in [-0.25, -0.2) is 19.7 Å². The Balaban J connectivity index is 1.83. The van der Waals surface area contributed by atoms with Gasteiger partial charge in [0.1, 0.15) is 5.69 Å². The molecule has 0 amide bonds. The number of fused-ring (bicyclic) bond motifs is 1. The molecule has 0 spiro atoms. The molecule has 3 aromatic heterocycles. The number of pyridine rings is 1. The lowest BCUT2D eigenvalue weighted by molar-refractivity contribution is 0.0696. The number of nitrogens with two attached hydrogens (primary N) is 1. The van der Waals surface area contributed by atoms with Gasteiger partial charge in [-0.2, -0.15) is 0 Å². The lowest BCUT2D eigenvalue weighted by Crippen LogP contribution is -2.01. The number of imidazole rings is 1. The zero-order valence-corrected chi connectivity index (χ0v) is 12.8. The standard InChI is InChI=1S/C17H12N6O2/c18-15-14(16-22-11-3-1-2-4-12(11)23-16)21-13(8-20-15)9-5-10(17(24)25)7-19-6-9/h1-8H,(H2,18,20)(H,22,23)(H,24,25). The number of carboxylic acid groups (broad SMARTS) is 1. The number of carboxylic acids is 1. The molecule has 8 heteroatoms. The highest BCUT2D eigenvalue weighted by Gasteiger charge is 2.14. The summed E-state index contributed by atoms with van der Waals surface area (Å²) in [5.74, 6) is -0.337. The maximum absolute atomic E-state index is 11.1. The Morgan fingerprint density at radius 2 is 1.96 bits per heavy atom. The minimum atomic E-state index is -1.06. The zero-order valence-electron chi connectivity index (χ0n) is 12.8. The number of aromatic nitrogens is 5. The van der Waals surface area contributed by atoms with Crippen molar-refractivity contribution in [3.05, 3.63) is 54.5 Å². The third-order valence-corrected chi connectivity index (χ3v) is 3.70. The van der Waals surface area contributed by atoms with Gasteiger partial charge < -0.3 is 15.8 Å². The Hall–Kier alpha value is -3.81. The van der Waals surface area contributed by atoms with Crippen LogP contribution in [-0.2, 0) is 0 Å². The van der Waals surface area contributed by atoms with Gasteiger partial charge in [-0.05, 0) is 18.2 Å². The number of aromatic carboxylic acids is 1. The van der Waals surface area contributed by atoms with E-state index >= 15 is 0 Å². The summed E-state index contributed by atoms with van der Waals surface area (Å²) in [4.78, 5) is 31.3. The molecule has 0 aliphatic heterocycles. The quantitative estimate of drug-likeness (QED) is 0.525.